The highest BCUT2D eigenvalue weighted by molar-refractivity contribution is 5.35. The highest BCUT2D eigenvalue weighted by atomic mass is 19.1. The fraction of sp³-hybridized carbons (Fsp3) is 0.600. The van der Waals surface area contributed by atoms with E-state index in [1.807, 2.05) is 13.8 Å². The summed E-state index contributed by atoms with van der Waals surface area (Å²) in [4.78, 5) is 0. The van der Waals surface area contributed by atoms with Gasteiger partial charge in [-0.2, -0.15) is 0 Å². The molecule has 0 saturated heterocycles. The molecule has 0 spiro atoms. The van der Waals surface area contributed by atoms with Crippen molar-refractivity contribution in [1.82, 2.24) is 5.32 Å². The molecule has 2 atom stereocenters. The number of hydrogen-bond acceptors (Lipinski definition) is 2. The Kier molecular flexibility index (Phi) is 3.09. The van der Waals surface area contributed by atoms with Gasteiger partial charge in [-0.15, -0.1) is 0 Å². The van der Waals surface area contributed by atoms with Crippen LogP contribution < -0.4 is 5.32 Å². The monoisotopic (exact) mass is 185 g/mol. The second-order valence-corrected chi connectivity index (χ2v) is 3.42. The molecular formula is C10H16FNO. The van der Waals surface area contributed by atoms with Crippen molar-refractivity contribution < 1.29 is 9.50 Å². The first-order chi connectivity index (χ1) is 6.07. The minimum Gasteiger partial charge on any atom is -0.391 e. The summed E-state index contributed by atoms with van der Waals surface area (Å²) < 4.78 is 13.5. The Hall–Kier alpha value is -0.830. The molecule has 1 aliphatic rings. The van der Waals surface area contributed by atoms with E-state index in [-0.39, 0.29) is 5.83 Å². The molecule has 2 N–H and O–H groups in total. The first kappa shape index (κ1) is 10.3. The third kappa shape index (κ3) is 1.91. The van der Waals surface area contributed by atoms with Gasteiger partial charge in [-0.05, 0) is 31.4 Å². The molecule has 1 aliphatic heterocycles. The Labute approximate surface area is 78.1 Å². The summed E-state index contributed by atoms with van der Waals surface area (Å²) in [5.41, 5.74) is 1.52. The lowest BCUT2D eigenvalue weighted by Crippen LogP contribution is -2.39. The predicted molar refractivity (Wildman–Crippen MR) is 50.8 cm³/mol. The Balaban J connectivity index is 2.85. The van der Waals surface area contributed by atoms with Crippen molar-refractivity contribution in [1.29, 1.82) is 0 Å². The molecule has 13 heavy (non-hydrogen) atoms. The second kappa shape index (κ2) is 3.92. The summed E-state index contributed by atoms with van der Waals surface area (Å²) in [6, 6.07) is -0.561. The average molecular weight is 185 g/mol. The summed E-state index contributed by atoms with van der Waals surface area (Å²) in [5, 5.41) is 12.3. The number of aliphatic hydroxyl groups excluding tert-OH is 1. The first-order valence-corrected chi connectivity index (χ1v) is 4.55. The van der Waals surface area contributed by atoms with Crippen molar-refractivity contribution in [3.63, 3.8) is 0 Å². The molecule has 0 saturated carbocycles. The summed E-state index contributed by atoms with van der Waals surface area (Å²) in [5.74, 6) is -0.241. The van der Waals surface area contributed by atoms with Crippen LogP contribution in [0, 0.1) is 0 Å². The number of hydrogen-bond donors (Lipinski definition) is 2. The van der Waals surface area contributed by atoms with E-state index in [1.54, 1.807) is 13.1 Å². The zero-order chi connectivity index (χ0) is 10.0. The highest BCUT2D eigenvalue weighted by Crippen LogP contribution is 2.24. The molecule has 74 valence electrons. The topological polar surface area (TPSA) is 32.3 Å². The van der Waals surface area contributed by atoms with E-state index >= 15 is 0 Å². The third-order valence-electron chi connectivity index (χ3n) is 2.51. The zero-order valence-electron chi connectivity index (χ0n) is 8.26. The van der Waals surface area contributed by atoms with E-state index in [9.17, 15) is 9.50 Å². The molecule has 1 heterocycles. The van der Waals surface area contributed by atoms with Crippen LogP contribution in [0.15, 0.2) is 23.2 Å². The molecule has 2 unspecified atom stereocenters. The Bertz CT molecular complexity index is 258. The van der Waals surface area contributed by atoms with Gasteiger partial charge in [-0.1, -0.05) is 6.92 Å². The van der Waals surface area contributed by atoms with Gasteiger partial charge in [0.15, 0.2) is 0 Å². The number of dihydropyridines is 1. The average Bonchev–Trinajstić information content (AvgIpc) is 2.13. The van der Waals surface area contributed by atoms with Crippen LogP contribution >= 0.6 is 0 Å². The smallest absolute Gasteiger partial charge is 0.128 e. The van der Waals surface area contributed by atoms with Gasteiger partial charge in [0.1, 0.15) is 11.9 Å². The number of allylic oxidation sites excluding steroid dienone is 2. The lowest BCUT2D eigenvalue weighted by Gasteiger charge is -2.26. The van der Waals surface area contributed by atoms with Crippen LogP contribution in [0.4, 0.5) is 4.39 Å². The molecule has 3 heteroatoms. The van der Waals surface area contributed by atoms with Crippen molar-refractivity contribution in [2.45, 2.75) is 39.3 Å². The number of halogens is 1. The largest absolute Gasteiger partial charge is 0.391 e. The lowest BCUT2D eigenvalue weighted by atomic mass is 9.98. The molecule has 0 radical (unpaired) electrons. The van der Waals surface area contributed by atoms with E-state index in [2.05, 4.69) is 5.32 Å². The summed E-state index contributed by atoms with van der Waals surface area (Å²) in [7, 11) is 0. The third-order valence-corrected chi connectivity index (χ3v) is 2.51. The Morgan fingerprint density at radius 3 is 2.77 bits per heavy atom. The molecule has 0 fully saturated rings. The molecule has 1 rings (SSSR count). The highest BCUT2D eigenvalue weighted by Gasteiger charge is 2.25. The van der Waals surface area contributed by atoms with E-state index in [1.165, 1.54) is 0 Å². The standard InChI is InChI=1S/C10H16FNO/c1-4-8(13)10-9(11)7(3)6(2)5-12-10/h5,8,10,12-13H,4H2,1-3H3. The summed E-state index contributed by atoms with van der Waals surface area (Å²) in [6.45, 7) is 5.41. The SMILES string of the molecule is CCC(O)C1NC=C(C)C(C)=C1F. The van der Waals surface area contributed by atoms with E-state index < -0.39 is 12.1 Å². The maximum atomic E-state index is 13.5. The van der Waals surface area contributed by atoms with Gasteiger partial charge in [0.2, 0.25) is 0 Å². The van der Waals surface area contributed by atoms with Gasteiger partial charge in [0, 0.05) is 6.20 Å². The van der Waals surface area contributed by atoms with Crippen molar-refractivity contribution in [2.75, 3.05) is 0 Å². The maximum Gasteiger partial charge on any atom is 0.128 e. The Morgan fingerprint density at radius 1 is 1.62 bits per heavy atom. The minimum atomic E-state index is -0.653. The first-order valence-electron chi connectivity index (χ1n) is 4.55. The maximum absolute atomic E-state index is 13.5. The molecule has 0 aromatic rings. The normalized spacial score (nSPS) is 25.3. The van der Waals surface area contributed by atoms with Crippen molar-refractivity contribution in [3.05, 3.63) is 23.2 Å². The molecule has 0 aromatic carbocycles. The van der Waals surface area contributed by atoms with Gasteiger partial charge < -0.3 is 10.4 Å². The van der Waals surface area contributed by atoms with Crippen molar-refractivity contribution in [2.24, 2.45) is 0 Å². The van der Waals surface area contributed by atoms with Crippen LogP contribution in [0.5, 0.6) is 0 Å². The summed E-state index contributed by atoms with van der Waals surface area (Å²) >= 11 is 0. The van der Waals surface area contributed by atoms with E-state index in [0.717, 1.165) is 5.57 Å². The lowest BCUT2D eigenvalue weighted by molar-refractivity contribution is 0.132. The van der Waals surface area contributed by atoms with Gasteiger partial charge in [0.25, 0.3) is 0 Å². The fourth-order valence-electron chi connectivity index (χ4n) is 1.33. The predicted octanol–water partition coefficient (Wildman–Crippen LogP) is 1.88. The van der Waals surface area contributed by atoms with Crippen molar-refractivity contribution in [3.8, 4) is 0 Å². The summed E-state index contributed by atoms with van der Waals surface area (Å²) in [6.07, 6.45) is 1.65. The van der Waals surface area contributed by atoms with Gasteiger partial charge in [-0.25, -0.2) is 4.39 Å². The van der Waals surface area contributed by atoms with E-state index in [4.69, 9.17) is 0 Å². The fourth-order valence-corrected chi connectivity index (χ4v) is 1.33. The molecule has 0 amide bonds. The quantitative estimate of drug-likeness (QED) is 0.688. The van der Waals surface area contributed by atoms with Crippen molar-refractivity contribution >= 4 is 0 Å². The zero-order valence-corrected chi connectivity index (χ0v) is 8.26. The number of rotatable bonds is 2. The van der Waals surface area contributed by atoms with Crippen LogP contribution in [0.2, 0.25) is 0 Å². The number of aliphatic hydroxyl groups is 1. The van der Waals surface area contributed by atoms with Crippen LogP contribution in [0.25, 0.3) is 0 Å². The molecule has 0 aliphatic carbocycles. The van der Waals surface area contributed by atoms with Gasteiger partial charge in [-0.3, -0.25) is 0 Å². The van der Waals surface area contributed by atoms with Crippen LogP contribution in [0.3, 0.4) is 0 Å². The number of nitrogens with one attached hydrogen (secondary N) is 1. The van der Waals surface area contributed by atoms with Crippen LogP contribution in [-0.4, -0.2) is 17.3 Å². The molecule has 0 bridgehead atoms. The molecular weight excluding hydrogens is 169 g/mol. The van der Waals surface area contributed by atoms with Gasteiger partial charge in [0.05, 0.1) is 6.10 Å². The van der Waals surface area contributed by atoms with Crippen LogP contribution in [0.1, 0.15) is 27.2 Å². The van der Waals surface area contributed by atoms with Crippen LogP contribution in [-0.2, 0) is 0 Å². The molecule has 0 aromatic heterocycles. The molecule has 2 nitrogen and oxygen atoms in total. The minimum absolute atomic E-state index is 0.241. The second-order valence-electron chi connectivity index (χ2n) is 3.42. The Morgan fingerprint density at radius 2 is 2.23 bits per heavy atom. The van der Waals surface area contributed by atoms with E-state index in [0.29, 0.717) is 12.0 Å². The van der Waals surface area contributed by atoms with Gasteiger partial charge >= 0.3 is 0 Å².